The average Bonchev–Trinajstić information content (AvgIpc) is 3.10. The van der Waals surface area contributed by atoms with Gasteiger partial charge >= 0.3 is 5.97 Å². The maximum Gasteiger partial charge on any atom is 0.374 e. The lowest BCUT2D eigenvalue weighted by atomic mass is 9.96. The summed E-state index contributed by atoms with van der Waals surface area (Å²) in [5, 5.41) is 12.6. The number of carboxylic acids is 1. The number of hydrogen-bond donors (Lipinski definition) is 1. The van der Waals surface area contributed by atoms with E-state index in [2.05, 4.69) is 11.2 Å². The monoisotopic (exact) mass is 259 g/mol. The van der Waals surface area contributed by atoms with E-state index in [1.54, 1.807) is 0 Å². The summed E-state index contributed by atoms with van der Waals surface area (Å²) in [7, 11) is 0. The highest BCUT2D eigenvalue weighted by Crippen LogP contribution is 2.28. The Morgan fingerprint density at radius 1 is 1.37 bits per heavy atom. The summed E-state index contributed by atoms with van der Waals surface area (Å²) in [5.74, 6) is -0.852. The lowest BCUT2D eigenvalue weighted by Crippen LogP contribution is -1.97. The van der Waals surface area contributed by atoms with Crippen molar-refractivity contribution in [3.05, 3.63) is 41.7 Å². The first-order valence-corrected chi connectivity index (χ1v) is 6.12. The lowest BCUT2D eigenvalue weighted by molar-refractivity contribution is 0.0652. The molecule has 5 nitrogen and oxygen atoms in total. The molecule has 1 atom stereocenters. The number of benzene rings is 1. The zero-order chi connectivity index (χ0) is 13.2. The third-order valence-electron chi connectivity index (χ3n) is 3.30. The van der Waals surface area contributed by atoms with Crippen LogP contribution in [0.1, 0.15) is 28.5 Å². The van der Waals surface area contributed by atoms with Gasteiger partial charge in [0.2, 0.25) is 5.76 Å². The summed E-state index contributed by atoms with van der Waals surface area (Å²) in [5.41, 5.74) is 2.59. The molecule has 5 heteroatoms. The van der Waals surface area contributed by atoms with Gasteiger partial charge in [0.1, 0.15) is 5.69 Å². The lowest BCUT2D eigenvalue weighted by Gasteiger charge is -2.08. The highest BCUT2D eigenvalue weighted by atomic mass is 16.5. The second kappa shape index (κ2) is 4.85. The van der Waals surface area contributed by atoms with Gasteiger partial charge in [-0.2, -0.15) is 0 Å². The van der Waals surface area contributed by atoms with Crippen LogP contribution in [0.5, 0.6) is 0 Å². The fraction of sp³-hybridized carbons (Fsp3) is 0.286. The van der Waals surface area contributed by atoms with Crippen LogP contribution in [0.15, 0.2) is 34.9 Å². The average molecular weight is 259 g/mol. The number of carbonyl (C=O) groups is 1. The van der Waals surface area contributed by atoms with Gasteiger partial charge in [-0.15, -0.1) is 0 Å². The Hall–Kier alpha value is -2.14. The predicted molar refractivity (Wildman–Crippen MR) is 67.1 cm³/mol. The van der Waals surface area contributed by atoms with Crippen molar-refractivity contribution in [1.29, 1.82) is 0 Å². The Kier molecular flexibility index (Phi) is 3.05. The number of aromatic nitrogens is 1. The zero-order valence-electron chi connectivity index (χ0n) is 10.2. The van der Waals surface area contributed by atoms with Crippen LogP contribution in [-0.2, 0) is 4.74 Å². The number of rotatable bonds is 3. The van der Waals surface area contributed by atoms with Gasteiger partial charge in [-0.1, -0.05) is 23.4 Å². The van der Waals surface area contributed by atoms with Crippen LogP contribution in [0, 0.1) is 0 Å². The van der Waals surface area contributed by atoms with Crippen molar-refractivity contribution in [3.63, 3.8) is 0 Å². The van der Waals surface area contributed by atoms with Crippen LogP contribution in [0.3, 0.4) is 0 Å². The van der Waals surface area contributed by atoms with E-state index in [-0.39, 0.29) is 5.76 Å². The van der Waals surface area contributed by atoms with Crippen molar-refractivity contribution in [3.8, 4) is 11.3 Å². The highest BCUT2D eigenvalue weighted by molar-refractivity contribution is 5.85. The molecule has 1 unspecified atom stereocenters. The Morgan fingerprint density at radius 3 is 2.95 bits per heavy atom. The summed E-state index contributed by atoms with van der Waals surface area (Å²) in [6.45, 7) is 1.53. The van der Waals surface area contributed by atoms with E-state index in [0.717, 1.165) is 25.2 Å². The van der Waals surface area contributed by atoms with E-state index >= 15 is 0 Å². The van der Waals surface area contributed by atoms with E-state index in [9.17, 15) is 4.79 Å². The first-order valence-electron chi connectivity index (χ1n) is 6.12. The molecule has 1 aromatic carbocycles. The van der Waals surface area contributed by atoms with Gasteiger partial charge in [0.05, 0.1) is 6.61 Å². The molecule has 1 saturated heterocycles. The molecule has 0 aliphatic carbocycles. The van der Waals surface area contributed by atoms with Crippen molar-refractivity contribution < 1.29 is 19.2 Å². The molecule has 1 N–H and O–H groups in total. The van der Waals surface area contributed by atoms with Gasteiger partial charge < -0.3 is 14.4 Å². The van der Waals surface area contributed by atoms with Crippen molar-refractivity contribution in [2.75, 3.05) is 13.2 Å². The Bertz CT molecular complexity index is 599. The zero-order valence-corrected chi connectivity index (χ0v) is 10.2. The summed E-state index contributed by atoms with van der Waals surface area (Å²) in [4.78, 5) is 10.8. The topological polar surface area (TPSA) is 72.6 Å². The minimum absolute atomic E-state index is 0.149. The molecule has 19 heavy (non-hydrogen) atoms. The fourth-order valence-electron chi connectivity index (χ4n) is 2.26. The Balaban J connectivity index is 1.91. The highest BCUT2D eigenvalue weighted by Gasteiger charge is 2.19. The minimum Gasteiger partial charge on any atom is -0.475 e. The number of aromatic carboxylic acids is 1. The summed E-state index contributed by atoms with van der Waals surface area (Å²) in [6, 6.07) is 9.34. The molecule has 1 fully saturated rings. The molecule has 98 valence electrons. The van der Waals surface area contributed by atoms with Crippen LogP contribution in [-0.4, -0.2) is 29.4 Å². The van der Waals surface area contributed by atoms with Gasteiger partial charge in [0.15, 0.2) is 0 Å². The van der Waals surface area contributed by atoms with Crippen molar-refractivity contribution in [2.24, 2.45) is 0 Å². The summed E-state index contributed by atoms with van der Waals surface area (Å²) >= 11 is 0. The third kappa shape index (κ3) is 2.37. The smallest absolute Gasteiger partial charge is 0.374 e. The molecule has 1 aromatic heterocycles. The van der Waals surface area contributed by atoms with Crippen LogP contribution in [0.4, 0.5) is 0 Å². The number of hydrogen-bond acceptors (Lipinski definition) is 4. The van der Waals surface area contributed by atoms with E-state index in [4.69, 9.17) is 14.4 Å². The van der Waals surface area contributed by atoms with Gasteiger partial charge in [0.25, 0.3) is 0 Å². The molecule has 0 bridgehead atoms. The first kappa shape index (κ1) is 11.9. The fourth-order valence-corrected chi connectivity index (χ4v) is 2.26. The van der Waals surface area contributed by atoms with Crippen LogP contribution in [0.25, 0.3) is 11.3 Å². The van der Waals surface area contributed by atoms with E-state index < -0.39 is 5.97 Å². The molecule has 1 aliphatic rings. The molecule has 2 aromatic rings. The molecular weight excluding hydrogens is 246 g/mol. The molecule has 0 saturated carbocycles. The van der Waals surface area contributed by atoms with Crippen molar-refractivity contribution in [2.45, 2.75) is 12.3 Å². The molecule has 1 aliphatic heterocycles. The molecule has 3 rings (SSSR count). The second-order valence-electron chi connectivity index (χ2n) is 4.57. The molecule has 2 heterocycles. The largest absolute Gasteiger partial charge is 0.475 e. The van der Waals surface area contributed by atoms with Crippen LogP contribution >= 0.6 is 0 Å². The number of ether oxygens (including phenoxy) is 1. The van der Waals surface area contributed by atoms with Gasteiger partial charge in [-0.3, -0.25) is 0 Å². The standard InChI is InChI=1S/C14H13NO4/c16-14(17)13-7-12(15-19-13)10-3-1-2-9(6-10)11-4-5-18-8-11/h1-3,6-7,11H,4-5,8H2,(H,16,17). The number of nitrogens with zero attached hydrogens (tertiary/aromatic N) is 1. The Labute approximate surface area is 109 Å². The van der Waals surface area contributed by atoms with Crippen molar-refractivity contribution >= 4 is 5.97 Å². The summed E-state index contributed by atoms with van der Waals surface area (Å²) in [6.07, 6.45) is 1.02. The van der Waals surface area contributed by atoms with Gasteiger partial charge in [0, 0.05) is 24.2 Å². The van der Waals surface area contributed by atoms with Gasteiger partial charge in [-0.25, -0.2) is 4.79 Å². The molecule has 0 amide bonds. The second-order valence-corrected chi connectivity index (χ2v) is 4.57. The molecule has 0 radical (unpaired) electrons. The molecule has 0 spiro atoms. The van der Waals surface area contributed by atoms with Crippen LogP contribution in [0.2, 0.25) is 0 Å². The Morgan fingerprint density at radius 2 is 2.26 bits per heavy atom. The number of carboxylic acid groups (broad SMARTS) is 1. The summed E-state index contributed by atoms with van der Waals surface area (Å²) < 4.78 is 10.2. The maximum atomic E-state index is 10.8. The maximum absolute atomic E-state index is 10.8. The molecular formula is C14H13NO4. The third-order valence-corrected chi connectivity index (χ3v) is 3.30. The SMILES string of the molecule is O=C(O)c1cc(-c2cccc(C3CCOC3)c2)no1. The van der Waals surface area contributed by atoms with Crippen molar-refractivity contribution in [1.82, 2.24) is 5.16 Å². The van der Waals surface area contributed by atoms with Crippen LogP contribution < -0.4 is 0 Å². The predicted octanol–water partition coefficient (Wildman–Crippen LogP) is 2.54. The van der Waals surface area contributed by atoms with E-state index in [1.807, 2.05) is 18.2 Å². The van der Waals surface area contributed by atoms with Gasteiger partial charge in [-0.05, 0) is 18.1 Å². The normalized spacial score (nSPS) is 18.6. The minimum atomic E-state index is -1.11. The van der Waals surface area contributed by atoms with E-state index in [1.165, 1.54) is 11.6 Å². The quantitative estimate of drug-likeness (QED) is 0.917. The van der Waals surface area contributed by atoms with E-state index in [0.29, 0.717) is 11.6 Å². The first-order chi connectivity index (χ1) is 9.24.